The molecule has 0 aliphatic carbocycles. The van der Waals surface area contributed by atoms with Crippen molar-refractivity contribution in [1.29, 1.82) is 0 Å². The van der Waals surface area contributed by atoms with Crippen molar-refractivity contribution in [2.75, 3.05) is 0 Å². The first kappa shape index (κ1) is 12.1. The molecule has 1 atom stereocenters. The highest BCUT2D eigenvalue weighted by Gasteiger charge is 2.15. The monoisotopic (exact) mass is 274 g/mol. The number of para-hydroxylation sites is 1. The number of benzene rings is 2. The predicted molar refractivity (Wildman–Crippen MR) is 84.0 cm³/mol. The summed E-state index contributed by atoms with van der Waals surface area (Å²) in [5.74, 6) is 0. The second-order valence-corrected chi connectivity index (χ2v) is 5.12. The molecule has 0 spiro atoms. The number of nitrogens with zero attached hydrogens (tertiary/aromatic N) is 1. The van der Waals surface area contributed by atoms with Gasteiger partial charge in [-0.25, -0.2) is 0 Å². The Morgan fingerprint density at radius 3 is 2.86 bits per heavy atom. The van der Waals surface area contributed by atoms with E-state index < -0.39 is 0 Å². The maximum Gasteiger partial charge on any atom is 0.134 e. The highest BCUT2D eigenvalue weighted by molar-refractivity contribution is 5.83. The van der Waals surface area contributed by atoms with E-state index in [9.17, 15) is 0 Å². The zero-order valence-corrected chi connectivity index (χ0v) is 11.4. The molecular weight excluding hydrogens is 260 g/mol. The van der Waals surface area contributed by atoms with Crippen molar-refractivity contribution < 1.29 is 4.42 Å². The maximum absolute atomic E-state index is 6.44. The molecule has 0 amide bonds. The zero-order valence-electron chi connectivity index (χ0n) is 11.4. The number of fused-ring (bicyclic) bond motifs is 2. The lowest BCUT2D eigenvalue weighted by molar-refractivity contribution is 0.607. The molecule has 0 fully saturated rings. The molecule has 102 valence electrons. The summed E-state index contributed by atoms with van der Waals surface area (Å²) in [6, 6.07) is 17.9. The van der Waals surface area contributed by atoms with Gasteiger partial charge in [-0.05, 0) is 29.8 Å². The molecule has 1 unspecified atom stereocenters. The van der Waals surface area contributed by atoms with E-state index in [0.717, 1.165) is 33.0 Å². The van der Waals surface area contributed by atoms with Gasteiger partial charge in [-0.1, -0.05) is 30.3 Å². The van der Waals surface area contributed by atoms with Gasteiger partial charge in [0.15, 0.2) is 0 Å². The minimum Gasteiger partial charge on any atom is -0.464 e. The van der Waals surface area contributed by atoms with Gasteiger partial charge in [0, 0.05) is 22.5 Å². The predicted octanol–water partition coefficient (Wildman–Crippen LogP) is 4.03. The molecule has 3 nitrogen and oxygen atoms in total. The summed E-state index contributed by atoms with van der Waals surface area (Å²) < 4.78 is 5.59. The van der Waals surface area contributed by atoms with Crippen molar-refractivity contribution in [3.05, 3.63) is 78.2 Å². The normalized spacial score (nSPS) is 12.8. The van der Waals surface area contributed by atoms with Crippen LogP contribution in [0.3, 0.4) is 0 Å². The van der Waals surface area contributed by atoms with Gasteiger partial charge >= 0.3 is 0 Å². The van der Waals surface area contributed by atoms with E-state index in [1.54, 1.807) is 12.5 Å². The lowest BCUT2D eigenvalue weighted by atomic mass is 9.98. The molecule has 0 radical (unpaired) electrons. The largest absolute Gasteiger partial charge is 0.464 e. The molecule has 3 heteroatoms. The molecule has 0 saturated carbocycles. The van der Waals surface area contributed by atoms with Crippen molar-refractivity contribution >= 4 is 21.9 Å². The Hall–Kier alpha value is -2.65. The fraction of sp³-hybridized carbons (Fsp3) is 0.0556. The van der Waals surface area contributed by atoms with Gasteiger partial charge in [-0.2, -0.15) is 0 Å². The Morgan fingerprint density at radius 1 is 1.00 bits per heavy atom. The van der Waals surface area contributed by atoms with Crippen LogP contribution < -0.4 is 5.73 Å². The number of hydrogen-bond acceptors (Lipinski definition) is 3. The SMILES string of the molecule is NC(c1ccc2ncccc2c1)c1coc2ccccc12. The summed E-state index contributed by atoms with van der Waals surface area (Å²) in [4.78, 5) is 4.33. The summed E-state index contributed by atoms with van der Waals surface area (Å²) >= 11 is 0. The second kappa shape index (κ2) is 4.72. The Labute approximate surface area is 122 Å². The van der Waals surface area contributed by atoms with Crippen LogP contribution >= 0.6 is 0 Å². The van der Waals surface area contributed by atoms with Crippen LogP contribution in [0.1, 0.15) is 17.2 Å². The average Bonchev–Trinajstić information content (AvgIpc) is 2.98. The number of hydrogen-bond donors (Lipinski definition) is 1. The lowest BCUT2D eigenvalue weighted by Crippen LogP contribution is -2.11. The van der Waals surface area contributed by atoms with Gasteiger partial charge in [0.2, 0.25) is 0 Å². The molecule has 2 aromatic carbocycles. The first-order valence-electron chi connectivity index (χ1n) is 6.89. The molecule has 0 bridgehead atoms. The molecule has 2 aromatic heterocycles. The zero-order chi connectivity index (χ0) is 14.2. The van der Waals surface area contributed by atoms with Gasteiger partial charge in [0.25, 0.3) is 0 Å². The van der Waals surface area contributed by atoms with E-state index in [1.165, 1.54) is 0 Å². The number of aromatic nitrogens is 1. The number of rotatable bonds is 2. The molecule has 2 N–H and O–H groups in total. The van der Waals surface area contributed by atoms with Crippen LogP contribution in [0.15, 0.2) is 71.5 Å². The van der Waals surface area contributed by atoms with Crippen molar-refractivity contribution in [3.63, 3.8) is 0 Å². The van der Waals surface area contributed by atoms with E-state index in [1.807, 2.05) is 48.5 Å². The van der Waals surface area contributed by atoms with Gasteiger partial charge < -0.3 is 10.2 Å². The van der Waals surface area contributed by atoms with Crippen LogP contribution in [0.5, 0.6) is 0 Å². The maximum atomic E-state index is 6.44. The van der Waals surface area contributed by atoms with Crippen LogP contribution in [0, 0.1) is 0 Å². The van der Waals surface area contributed by atoms with Crippen LogP contribution in [-0.4, -0.2) is 4.98 Å². The molecular formula is C18H14N2O. The quantitative estimate of drug-likeness (QED) is 0.600. The Balaban J connectivity index is 1.83. The summed E-state index contributed by atoms with van der Waals surface area (Å²) in [6.45, 7) is 0. The van der Waals surface area contributed by atoms with E-state index in [0.29, 0.717) is 0 Å². The minimum atomic E-state index is -0.210. The third kappa shape index (κ3) is 1.99. The summed E-state index contributed by atoms with van der Waals surface area (Å²) in [5, 5.41) is 2.16. The number of furan rings is 1. The van der Waals surface area contributed by atoms with Crippen molar-refractivity contribution in [2.24, 2.45) is 5.73 Å². The molecule has 4 aromatic rings. The first-order valence-corrected chi connectivity index (χ1v) is 6.89. The topological polar surface area (TPSA) is 52.0 Å². The van der Waals surface area contributed by atoms with Crippen LogP contribution in [0.4, 0.5) is 0 Å². The summed E-state index contributed by atoms with van der Waals surface area (Å²) in [6.07, 6.45) is 3.55. The summed E-state index contributed by atoms with van der Waals surface area (Å²) in [7, 11) is 0. The lowest BCUT2D eigenvalue weighted by Gasteiger charge is -2.11. The van der Waals surface area contributed by atoms with Gasteiger partial charge in [0.05, 0.1) is 17.8 Å². The second-order valence-electron chi connectivity index (χ2n) is 5.12. The Morgan fingerprint density at radius 2 is 1.90 bits per heavy atom. The third-order valence-corrected chi connectivity index (χ3v) is 3.83. The van der Waals surface area contributed by atoms with E-state index >= 15 is 0 Å². The standard InChI is InChI=1S/C18H14N2O/c19-18(15-11-21-17-6-2-1-5-14(15)17)13-7-8-16-12(10-13)4-3-9-20-16/h1-11,18H,19H2. The molecule has 2 heterocycles. The third-order valence-electron chi connectivity index (χ3n) is 3.83. The van der Waals surface area contributed by atoms with Gasteiger partial charge in [-0.3, -0.25) is 4.98 Å². The molecule has 0 aliphatic heterocycles. The van der Waals surface area contributed by atoms with Crippen LogP contribution in [-0.2, 0) is 0 Å². The van der Waals surface area contributed by atoms with Gasteiger partial charge in [-0.15, -0.1) is 0 Å². The Kier molecular flexibility index (Phi) is 2.72. The average molecular weight is 274 g/mol. The molecule has 4 rings (SSSR count). The molecule has 0 saturated heterocycles. The smallest absolute Gasteiger partial charge is 0.134 e. The highest BCUT2D eigenvalue weighted by atomic mass is 16.3. The fourth-order valence-electron chi connectivity index (χ4n) is 2.71. The van der Waals surface area contributed by atoms with Crippen LogP contribution in [0.2, 0.25) is 0 Å². The number of nitrogens with two attached hydrogens (primary N) is 1. The van der Waals surface area contributed by atoms with Crippen molar-refractivity contribution in [3.8, 4) is 0 Å². The summed E-state index contributed by atoms with van der Waals surface area (Å²) in [5.41, 5.74) is 10.3. The molecule has 0 aliphatic rings. The van der Waals surface area contributed by atoms with E-state index in [4.69, 9.17) is 10.2 Å². The van der Waals surface area contributed by atoms with E-state index in [2.05, 4.69) is 11.1 Å². The molecule has 21 heavy (non-hydrogen) atoms. The van der Waals surface area contributed by atoms with Crippen LogP contribution in [0.25, 0.3) is 21.9 Å². The van der Waals surface area contributed by atoms with Crippen molar-refractivity contribution in [1.82, 2.24) is 4.98 Å². The first-order chi connectivity index (χ1) is 10.3. The Bertz CT molecular complexity index is 926. The van der Waals surface area contributed by atoms with E-state index in [-0.39, 0.29) is 6.04 Å². The van der Waals surface area contributed by atoms with Crippen molar-refractivity contribution in [2.45, 2.75) is 6.04 Å². The minimum absolute atomic E-state index is 0.210. The highest BCUT2D eigenvalue weighted by Crippen LogP contribution is 2.30. The number of pyridine rings is 1. The fourth-order valence-corrected chi connectivity index (χ4v) is 2.71. The van der Waals surface area contributed by atoms with Gasteiger partial charge in [0.1, 0.15) is 5.58 Å².